The summed E-state index contributed by atoms with van der Waals surface area (Å²) in [4.78, 5) is 2.26. The Balaban J connectivity index is 2.33. The second kappa shape index (κ2) is 8.67. The zero-order chi connectivity index (χ0) is 13.2. The molecule has 0 aliphatic rings. The van der Waals surface area contributed by atoms with Crippen LogP contribution in [0.4, 0.5) is 0 Å². The maximum Gasteiger partial charge on any atom is 0.0171 e. The second-order valence-corrected chi connectivity index (χ2v) is 4.58. The van der Waals surface area contributed by atoms with Gasteiger partial charge in [0.25, 0.3) is 0 Å². The highest BCUT2D eigenvalue weighted by Crippen LogP contribution is 2.05. The third-order valence-electron chi connectivity index (χ3n) is 2.91. The van der Waals surface area contributed by atoms with Crippen molar-refractivity contribution >= 4 is 0 Å². The lowest BCUT2D eigenvalue weighted by Gasteiger charge is -2.23. The van der Waals surface area contributed by atoms with Crippen molar-refractivity contribution in [3.8, 4) is 0 Å². The molecule has 1 atom stereocenters. The van der Waals surface area contributed by atoms with Gasteiger partial charge in [0.2, 0.25) is 0 Å². The minimum atomic E-state index is 0.199. The lowest BCUT2D eigenvalue weighted by atomic mass is 10.1. The first kappa shape index (κ1) is 14.7. The van der Waals surface area contributed by atoms with E-state index in [1.54, 1.807) is 0 Å². The first-order valence-corrected chi connectivity index (χ1v) is 6.50. The van der Waals surface area contributed by atoms with Crippen LogP contribution in [0.1, 0.15) is 12.0 Å². The molecule has 0 radical (unpaired) electrons. The van der Waals surface area contributed by atoms with Crippen LogP contribution >= 0.6 is 0 Å². The summed E-state index contributed by atoms with van der Waals surface area (Å²) in [5.74, 6) is 0. The van der Waals surface area contributed by atoms with E-state index in [-0.39, 0.29) is 6.04 Å². The summed E-state index contributed by atoms with van der Waals surface area (Å²) in [6, 6.07) is 10.7. The van der Waals surface area contributed by atoms with Crippen molar-refractivity contribution in [2.75, 3.05) is 19.6 Å². The van der Waals surface area contributed by atoms with Crippen LogP contribution in [-0.2, 0) is 6.42 Å². The Morgan fingerprint density at radius 1 is 1.11 bits per heavy atom. The van der Waals surface area contributed by atoms with Crippen LogP contribution in [0, 0.1) is 0 Å². The molecule has 0 bridgehead atoms. The molecular formula is C16H24N2. The molecule has 2 heteroatoms. The van der Waals surface area contributed by atoms with Crippen LogP contribution in [0.2, 0.25) is 0 Å². The summed E-state index contributed by atoms with van der Waals surface area (Å²) in [5.41, 5.74) is 7.53. The Kier molecular flexibility index (Phi) is 7.07. The highest BCUT2D eigenvalue weighted by Gasteiger charge is 2.08. The molecule has 0 saturated heterocycles. The van der Waals surface area contributed by atoms with Gasteiger partial charge in [-0.15, -0.1) is 13.2 Å². The predicted octanol–water partition coefficient (Wildman–Crippen LogP) is 2.62. The molecule has 0 aliphatic heterocycles. The molecule has 18 heavy (non-hydrogen) atoms. The highest BCUT2D eigenvalue weighted by atomic mass is 15.1. The van der Waals surface area contributed by atoms with E-state index in [1.807, 2.05) is 18.2 Å². The Morgan fingerprint density at radius 3 is 2.28 bits per heavy atom. The SMILES string of the molecule is C=CCN(CC=C)CC(N)CCc1ccccc1. The Morgan fingerprint density at radius 2 is 1.72 bits per heavy atom. The fraction of sp³-hybridized carbons (Fsp3) is 0.375. The summed E-state index contributed by atoms with van der Waals surface area (Å²) in [6.07, 6.45) is 5.87. The van der Waals surface area contributed by atoms with E-state index in [1.165, 1.54) is 5.56 Å². The molecule has 0 aliphatic carbocycles. The minimum Gasteiger partial charge on any atom is -0.327 e. The fourth-order valence-corrected chi connectivity index (χ4v) is 2.01. The van der Waals surface area contributed by atoms with Crippen LogP contribution in [0.5, 0.6) is 0 Å². The third kappa shape index (κ3) is 5.80. The maximum atomic E-state index is 6.17. The number of nitrogens with zero attached hydrogens (tertiary/aromatic N) is 1. The fourth-order valence-electron chi connectivity index (χ4n) is 2.01. The van der Waals surface area contributed by atoms with Crippen LogP contribution in [0.15, 0.2) is 55.6 Å². The Hall–Kier alpha value is -1.38. The molecule has 1 aromatic rings. The number of rotatable bonds is 9. The van der Waals surface area contributed by atoms with Crippen LogP contribution in [0.3, 0.4) is 0 Å². The Bertz CT molecular complexity index is 335. The van der Waals surface area contributed by atoms with Crippen molar-refractivity contribution in [3.63, 3.8) is 0 Å². The van der Waals surface area contributed by atoms with Crippen LogP contribution in [0.25, 0.3) is 0 Å². The zero-order valence-electron chi connectivity index (χ0n) is 11.1. The minimum absolute atomic E-state index is 0.199. The first-order chi connectivity index (χ1) is 8.76. The lowest BCUT2D eigenvalue weighted by Crippen LogP contribution is -2.38. The van der Waals surface area contributed by atoms with Gasteiger partial charge in [0.15, 0.2) is 0 Å². The summed E-state index contributed by atoms with van der Waals surface area (Å²) in [7, 11) is 0. The van der Waals surface area contributed by atoms with Crippen molar-refractivity contribution in [1.29, 1.82) is 0 Å². The lowest BCUT2D eigenvalue weighted by molar-refractivity contribution is 0.305. The number of hydrogen-bond acceptors (Lipinski definition) is 2. The average molecular weight is 244 g/mol. The van der Waals surface area contributed by atoms with Gasteiger partial charge in [-0.1, -0.05) is 42.5 Å². The topological polar surface area (TPSA) is 29.3 Å². The summed E-state index contributed by atoms with van der Waals surface area (Å²) in [6.45, 7) is 10.2. The molecule has 0 aromatic heterocycles. The smallest absolute Gasteiger partial charge is 0.0171 e. The van der Waals surface area contributed by atoms with Gasteiger partial charge in [-0.3, -0.25) is 4.90 Å². The average Bonchev–Trinajstić information content (AvgIpc) is 2.38. The summed E-state index contributed by atoms with van der Waals surface area (Å²) in [5, 5.41) is 0. The van der Waals surface area contributed by atoms with Crippen molar-refractivity contribution in [2.45, 2.75) is 18.9 Å². The molecule has 0 saturated carbocycles. The van der Waals surface area contributed by atoms with Gasteiger partial charge in [0.1, 0.15) is 0 Å². The molecule has 0 fully saturated rings. The van der Waals surface area contributed by atoms with E-state index in [0.29, 0.717) is 0 Å². The van der Waals surface area contributed by atoms with Crippen LogP contribution in [-0.4, -0.2) is 30.6 Å². The maximum absolute atomic E-state index is 6.17. The van der Waals surface area contributed by atoms with Gasteiger partial charge in [-0.05, 0) is 18.4 Å². The Labute approximate surface area is 111 Å². The second-order valence-electron chi connectivity index (χ2n) is 4.58. The van der Waals surface area contributed by atoms with Gasteiger partial charge in [0.05, 0.1) is 0 Å². The number of nitrogens with two attached hydrogens (primary N) is 1. The molecule has 1 aromatic carbocycles. The normalized spacial score (nSPS) is 12.3. The standard InChI is InChI=1S/C16H24N2/c1-3-12-18(13-4-2)14-16(17)11-10-15-8-6-5-7-9-15/h3-9,16H,1-2,10-14,17H2. The predicted molar refractivity (Wildman–Crippen MR) is 79.6 cm³/mol. The monoisotopic (exact) mass is 244 g/mol. The molecule has 1 unspecified atom stereocenters. The van der Waals surface area contributed by atoms with Crippen LogP contribution < -0.4 is 5.73 Å². The number of aryl methyl sites for hydroxylation is 1. The van der Waals surface area contributed by atoms with E-state index < -0.39 is 0 Å². The molecule has 0 heterocycles. The largest absolute Gasteiger partial charge is 0.327 e. The highest BCUT2D eigenvalue weighted by molar-refractivity contribution is 5.14. The molecular weight excluding hydrogens is 220 g/mol. The molecule has 98 valence electrons. The van der Waals surface area contributed by atoms with E-state index in [4.69, 9.17) is 5.73 Å². The third-order valence-corrected chi connectivity index (χ3v) is 2.91. The van der Waals surface area contributed by atoms with Crippen molar-refractivity contribution < 1.29 is 0 Å². The number of hydrogen-bond donors (Lipinski definition) is 1. The van der Waals surface area contributed by atoms with E-state index in [2.05, 4.69) is 42.3 Å². The van der Waals surface area contributed by atoms with Gasteiger partial charge in [-0.25, -0.2) is 0 Å². The molecule has 1 rings (SSSR count). The van der Waals surface area contributed by atoms with Crippen molar-refractivity contribution in [1.82, 2.24) is 4.90 Å². The van der Waals surface area contributed by atoms with Crippen molar-refractivity contribution in [2.24, 2.45) is 5.73 Å². The number of benzene rings is 1. The summed E-state index contributed by atoms with van der Waals surface area (Å²) >= 11 is 0. The zero-order valence-corrected chi connectivity index (χ0v) is 11.1. The first-order valence-electron chi connectivity index (χ1n) is 6.50. The summed E-state index contributed by atoms with van der Waals surface area (Å²) < 4.78 is 0. The van der Waals surface area contributed by atoms with E-state index in [0.717, 1.165) is 32.5 Å². The molecule has 0 spiro atoms. The molecule has 2 nitrogen and oxygen atoms in total. The molecule has 0 amide bonds. The quantitative estimate of drug-likeness (QED) is 0.677. The van der Waals surface area contributed by atoms with Gasteiger partial charge in [-0.2, -0.15) is 0 Å². The van der Waals surface area contributed by atoms with Gasteiger partial charge in [0, 0.05) is 25.7 Å². The van der Waals surface area contributed by atoms with E-state index in [9.17, 15) is 0 Å². The van der Waals surface area contributed by atoms with Gasteiger partial charge < -0.3 is 5.73 Å². The van der Waals surface area contributed by atoms with Crippen molar-refractivity contribution in [3.05, 3.63) is 61.2 Å². The van der Waals surface area contributed by atoms with E-state index >= 15 is 0 Å². The van der Waals surface area contributed by atoms with Gasteiger partial charge >= 0.3 is 0 Å². The molecule has 2 N–H and O–H groups in total.